The molecule has 0 aromatic heterocycles. The highest BCUT2D eigenvalue weighted by atomic mass is 35.5. The van der Waals surface area contributed by atoms with E-state index in [0.717, 1.165) is 28.4 Å². The summed E-state index contributed by atoms with van der Waals surface area (Å²) >= 11 is 6.25. The van der Waals surface area contributed by atoms with Gasteiger partial charge in [0.25, 0.3) is 5.91 Å². The summed E-state index contributed by atoms with van der Waals surface area (Å²) in [6.45, 7) is 0.553. The summed E-state index contributed by atoms with van der Waals surface area (Å²) < 4.78 is 25.1. The fourth-order valence-electron chi connectivity index (χ4n) is 3.56. The summed E-state index contributed by atoms with van der Waals surface area (Å²) in [7, 11) is -3.70. The smallest absolute Gasteiger partial charge is 0.259 e. The van der Waals surface area contributed by atoms with E-state index in [-0.39, 0.29) is 34.4 Å². The Labute approximate surface area is 162 Å². The van der Waals surface area contributed by atoms with Gasteiger partial charge in [0.15, 0.2) is 0 Å². The van der Waals surface area contributed by atoms with E-state index in [0.29, 0.717) is 6.54 Å². The summed E-state index contributed by atoms with van der Waals surface area (Å²) in [6.07, 6.45) is 1.67. The second-order valence-electron chi connectivity index (χ2n) is 6.58. The van der Waals surface area contributed by atoms with Gasteiger partial charge in [0.1, 0.15) is 0 Å². The molecule has 0 unspecified atom stereocenters. The molecular weight excluding hydrogens is 388 g/mol. The number of amides is 2. The van der Waals surface area contributed by atoms with Crippen molar-refractivity contribution < 1.29 is 18.0 Å². The van der Waals surface area contributed by atoms with Crippen molar-refractivity contribution in [3.8, 4) is 0 Å². The summed E-state index contributed by atoms with van der Waals surface area (Å²) in [5.74, 6) is -1.03. The molecule has 8 heteroatoms. The van der Waals surface area contributed by atoms with Gasteiger partial charge in [0.05, 0.1) is 22.0 Å². The van der Waals surface area contributed by atoms with E-state index in [1.807, 2.05) is 24.3 Å². The Bertz CT molecular complexity index is 1050. The summed E-state index contributed by atoms with van der Waals surface area (Å²) in [5, 5.41) is 0.218. The van der Waals surface area contributed by atoms with E-state index < -0.39 is 15.9 Å². The number of hydrogen-bond donors (Lipinski definition) is 0. The van der Waals surface area contributed by atoms with Crippen molar-refractivity contribution >= 4 is 44.8 Å². The minimum absolute atomic E-state index is 0.0618. The van der Waals surface area contributed by atoms with Crippen LogP contribution in [0.2, 0.25) is 5.02 Å². The third-order valence-corrected chi connectivity index (χ3v) is 6.87. The maximum atomic E-state index is 13.2. The predicted molar refractivity (Wildman–Crippen MR) is 104 cm³/mol. The Morgan fingerprint density at radius 2 is 1.85 bits per heavy atom. The SMILES string of the molecule is O=C(c1cc(N2C(=O)CCS2(=O)=O)ccc1Cl)N1CCCc2ccccc21. The lowest BCUT2D eigenvalue weighted by Crippen LogP contribution is -2.36. The maximum Gasteiger partial charge on any atom is 0.259 e. The molecule has 2 heterocycles. The monoisotopic (exact) mass is 404 g/mol. The number of aryl methyl sites for hydroxylation is 1. The second kappa shape index (κ2) is 6.65. The van der Waals surface area contributed by atoms with Crippen LogP contribution in [0.5, 0.6) is 0 Å². The van der Waals surface area contributed by atoms with E-state index >= 15 is 0 Å². The Hall–Kier alpha value is -2.38. The molecule has 0 bridgehead atoms. The first-order valence-corrected chi connectivity index (χ1v) is 10.6. The van der Waals surface area contributed by atoms with Crippen LogP contribution in [0.25, 0.3) is 0 Å². The number of rotatable bonds is 2. The molecule has 0 atom stereocenters. The number of carbonyl (C=O) groups excluding carboxylic acids is 2. The van der Waals surface area contributed by atoms with Crippen LogP contribution in [0, 0.1) is 0 Å². The van der Waals surface area contributed by atoms with Gasteiger partial charge in [-0.05, 0) is 42.7 Å². The lowest BCUT2D eigenvalue weighted by molar-refractivity contribution is -0.116. The Morgan fingerprint density at radius 3 is 2.59 bits per heavy atom. The molecule has 1 fully saturated rings. The zero-order chi connectivity index (χ0) is 19.2. The molecule has 0 saturated carbocycles. The molecule has 4 rings (SSSR count). The first-order valence-electron chi connectivity index (χ1n) is 8.63. The van der Waals surface area contributed by atoms with Crippen molar-refractivity contribution in [1.82, 2.24) is 0 Å². The van der Waals surface area contributed by atoms with Gasteiger partial charge in [0.2, 0.25) is 15.9 Å². The van der Waals surface area contributed by atoms with Crippen molar-refractivity contribution in [3.05, 3.63) is 58.6 Å². The van der Waals surface area contributed by atoms with Crippen molar-refractivity contribution in [1.29, 1.82) is 0 Å². The fourth-order valence-corrected chi connectivity index (χ4v) is 5.21. The van der Waals surface area contributed by atoms with Gasteiger partial charge in [-0.3, -0.25) is 9.59 Å². The van der Waals surface area contributed by atoms with E-state index in [1.165, 1.54) is 18.2 Å². The molecule has 0 radical (unpaired) electrons. The van der Waals surface area contributed by atoms with Crippen molar-refractivity contribution in [2.45, 2.75) is 19.3 Å². The molecule has 2 aromatic rings. The Balaban J connectivity index is 1.75. The van der Waals surface area contributed by atoms with E-state index in [2.05, 4.69) is 0 Å². The molecule has 6 nitrogen and oxygen atoms in total. The summed E-state index contributed by atoms with van der Waals surface area (Å²) in [4.78, 5) is 26.9. The summed E-state index contributed by atoms with van der Waals surface area (Å²) in [6, 6.07) is 12.0. The third-order valence-electron chi connectivity index (χ3n) is 4.85. The number of carbonyl (C=O) groups is 2. The second-order valence-corrected chi connectivity index (χ2v) is 8.92. The molecule has 2 aliphatic heterocycles. The molecule has 1 saturated heterocycles. The highest BCUT2D eigenvalue weighted by Gasteiger charge is 2.37. The molecule has 0 N–H and O–H groups in total. The number of hydrogen-bond acceptors (Lipinski definition) is 4. The van der Waals surface area contributed by atoms with Crippen LogP contribution in [-0.4, -0.2) is 32.5 Å². The number of benzene rings is 2. The fraction of sp³-hybridized carbons (Fsp3) is 0.263. The van der Waals surface area contributed by atoms with Gasteiger partial charge in [-0.25, -0.2) is 12.7 Å². The molecule has 0 spiro atoms. The van der Waals surface area contributed by atoms with Gasteiger partial charge < -0.3 is 4.90 Å². The minimum Gasteiger partial charge on any atom is -0.308 e. The van der Waals surface area contributed by atoms with Crippen LogP contribution in [0.15, 0.2) is 42.5 Å². The van der Waals surface area contributed by atoms with Gasteiger partial charge >= 0.3 is 0 Å². The van der Waals surface area contributed by atoms with E-state index in [1.54, 1.807) is 4.90 Å². The average Bonchev–Trinajstić information content (AvgIpc) is 2.94. The zero-order valence-corrected chi connectivity index (χ0v) is 16.0. The highest BCUT2D eigenvalue weighted by molar-refractivity contribution is 7.94. The maximum absolute atomic E-state index is 13.2. The van der Waals surface area contributed by atoms with Crippen LogP contribution in [0.3, 0.4) is 0 Å². The minimum atomic E-state index is -3.70. The number of nitrogens with zero attached hydrogens (tertiary/aromatic N) is 2. The van der Waals surface area contributed by atoms with Crippen LogP contribution >= 0.6 is 11.6 Å². The molecular formula is C19H17ClN2O4S. The molecule has 2 amide bonds. The van der Waals surface area contributed by atoms with Gasteiger partial charge in [-0.2, -0.15) is 0 Å². The first-order chi connectivity index (χ1) is 12.9. The highest BCUT2D eigenvalue weighted by Crippen LogP contribution is 2.33. The number of fused-ring (bicyclic) bond motifs is 1. The van der Waals surface area contributed by atoms with Crippen LogP contribution in [0.4, 0.5) is 11.4 Å². The topological polar surface area (TPSA) is 74.8 Å². The average molecular weight is 405 g/mol. The largest absolute Gasteiger partial charge is 0.308 e. The van der Waals surface area contributed by atoms with Crippen molar-refractivity contribution in [3.63, 3.8) is 0 Å². The first kappa shape index (κ1) is 18.0. The molecule has 0 aliphatic carbocycles. The molecule has 140 valence electrons. The van der Waals surface area contributed by atoms with Gasteiger partial charge in [-0.1, -0.05) is 29.8 Å². The number of sulfonamides is 1. The third kappa shape index (κ3) is 3.11. The predicted octanol–water partition coefficient (Wildman–Crippen LogP) is 3.00. The van der Waals surface area contributed by atoms with Gasteiger partial charge in [-0.15, -0.1) is 0 Å². The van der Waals surface area contributed by atoms with Crippen LogP contribution in [-0.2, 0) is 21.2 Å². The number of para-hydroxylation sites is 1. The van der Waals surface area contributed by atoms with E-state index in [4.69, 9.17) is 11.6 Å². The normalized spacial score (nSPS) is 18.5. The van der Waals surface area contributed by atoms with Crippen LogP contribution in [0.1, 0.15) is 28.8 Å². The zero-order valence-electron chi connectivity index (χ0n) is 14.4. The van der Waals surface area contributed by atoms with Gasteiger partial charge in [0, 0.05) is 18.7 Å². The molecule has 27 heavy (non-hydrogen) atoms. The lowest BCUT2D eigenvalue weighted by Gasteiger charge is -2.30. The standard InChI is InChI=1S/C19H17ClN2O4S/c20-16-8-7-14(22-18(23)9-11-27(22,25)26)12-15(16)19(24)21-10-3-5-13-4-1-2-6-17(13)21/h1-2,4,6-8,12H,3,5,9-11H2. The summed E-state index contributed by atoms with van der Waals surface area (Å²) in [5.41, 5.74) is 2.25. The van der Waals surface area contributed by atoms with E-state index in [9.17, 15) is 18.0 Å². The van der Waals surface area contributed by atoms with Crippen molar-refractivity contribution in [2.75, 3.05) is 21.5 Å². The molecule has 2 aromatic carbocycles. The Morgan fingerprint density at radius 1 is 1.07 bits per heavy atom. The number of anilines is 2. The Kier molecular flexibility index (Phi) is 4.44. The molecule has 2 aliphatic rings. The lowest BCUT2D eigenvalue weighted by atomic mass is 10.0. The van der Waals surface area contributed by atoms with Crippen molar-refractivity contribution in [2.24, 2.45) is 0 Å². The number of halogens is 1. The van der Waals surface area contributed by atoms with Crippen LogP contribution < -0.4 is 9.21 Å². The quantitative estimate of drug-likeness (QED) is 0.771.